The van der Waals surface area contributed by atoms with E-state index in [0.29, 0.717) is 21.4 Å². The number of rotatable bonds is 11. The molecule has 4 rings (SSSR count). The second-order valence-corrected chi connectivity index (χ2v) is 11.9. The summed E-state index contributed by atoms with van der Waals surface area (Å²) in [6.45, 7) is 2.44. The van der Waals surface area contributed by atoms with Gasteiger partial charge in [-0.1, -0.05) is 11.6 Å². The summed E-state index contributed by atoms with van der Waals surface area (Å²) in [5.41, 5.74) is 8.32. The van der Waals surface area contributed by atoms with Gasteiger partial charge in [0.15, 0.2) is 0 Å². The topological polar surface area (TPSA) is 88.7 Å². The fourth-order valence-corrected chi connectivity index (χ4v) is 7.27. The molecule has 10 heteroatoms. The number of thioether (sulfide) groups is 1. The highest BCUT2D eigenvalue weighted by Gasteiger charge is 2.31. The molecule has 1 aliphatic heterocycles. The number of likely N-dealkylation sites (tertiary alicyclic amines) is 1. The first kappa shape index (κ1) is 27.1. The van der Waals surface area contributed by atoms with E-state index >= 15 is 0 Å². The molecule has 1 aromatic carbocycles. The van der Waals surface area contributed by atoms with Gasteiger partial charge in [0, 0.05) is 42.9 Å². The van der Waals surface area contributed by atoms with Crippen LogP contribution in [-0.2, 0) is 4.79 Å². The van der Waals surface area contributed by atoms with Gasteiger partial charge in [0.05, 0.1) is 21.9 Å². The van der Waals surface area contributed by atoms with Crippen LogP contribution in [0.15, 0.2) is 40.1 Å². The van der Waals surface area contributed by atoms with E-state index in [1.165, 1.54) is 29.2 Å². The number of fused-ring (bicyclic) bond motifs is 1. The van der Waals surface area contributed by atoms with E-state index in [9.17, 15) is 14.3 Å². The summed E-state index contributed by atoms with van der Waals surface area (Å²) < 4.78 is 19.8. The Labute approximate surface area is 224 Å². The van der Waals surface area contributed by atoms with Gasteiger partial charge in [-0.05, 0) is 72.9 Å². The molecule has 3 heterocycles. The van der Waals surface area contributed by atoms with Crippen LogP contribution in [0.1, 0.15) is 37.3 Å². The van der Waals surface area contributed by atoms with Crippen molar-refractivity contribution < 1.29 is 19.0 Å². The van der Waals surface area contributed by atoms with Crippen LogP contribution in [0.3, 0.4) is 0 Å². The number of aliphatic carboxylic acids is 1. The standard InChI is InChI=1S/C26H31ClFN3O3S2/c1-34-18-3-5-23-19(13-18)25(20(27)14-30-23)22(29)4-2-16-6-8-31(15-17(16)12-24(32)33)9-11-36-26-21(28)7-10-35-26/h3,5,7,10,13-14,16-17,22H,2,4,6,8-9,11-12,15,29H2,1H3,(H,32,33)/t16?,17?,22-/m1/s1. The Hall–Kier alpha value is -1.91. The molecule has 0 radical (unpaired) electrons. The molecule has 1 aliphatic rings. The number of carbonyl (C=O) groups is 1. The minimum Gasteiger partial charge on any atom is -0.497 e. The van der Waals surface area contributed by atoms with E-state index in [1.54, 1.807) is 18.7 Å². The van der Waals surface area contributed by atoms with Gasteiger partial charge < -0.3 is 20.5 Å². The minimum atomic E-state index is -0.776. The number of methoxy groups -OCH3 is 1. The zero-order valence-electron chi connectivity index (χ0n) is 20.2. The van der Waals surface area contributed by atoms with Crippen LogP contribution in [-0.4, -0.2) is 53.5 Å². The van der Waals surface area contributed by atoms with E-state index in [4.69, 9.17) is 22.1 Å². The summed E-state index contributed by atoms with van der Waals surface area (Å²) in [6.07, 6.45) is 4.22. The van der Waals surface area contributed by atoms with Gasteiger partial charge in [0.25, 0.3) is 0 Å². The molecule has 1 saturated heterocycles. The largest absolute Gasteiger partial charge is 0.497 e. The molecule has 3 aromatic rings. The van der Waals surface area contributed by atoms with Gasteiger partial charge in [0.2, 0.25) is 0 Å². The lowest BCUT2D eigenvalue weighted by Crippen LogP contribution is -2.42. The fraction of sp³-hybridized carbons (Fsp3) is 0.462. The Bertz CT molecular complexity index is 1190. The number of carboxylic acids is 1. The maximum absolute atomic E-state index is 13.7. The summed E-state index contributed by atoms with van der Waals surface area (Å²) in [6, 6.07) is 6.86. The molecule has 194 valence electrons. The number of pyridine rings is 1. The van der Waals surface area contributed by atoms with Crippen molar-refractivity contribution >= 4 is 51.6 Å². The Balaban J connectivity index is 1.38. The zero-order valence-corrected chi connectivity index (χ0v) is 22.5. The number of thiophene rings is 1. The average Bonchev–Trinajstić information content (AvgIpc) is 3.27. The van der Waals surface area contributed by atoms with Gasteiger partial charge in [-0.2, -0.15) is 0 Å². The van der Waals surface area contributed by atoms with Crippen molar-refractivity contribution in [2.24, 2.45) is 17.6 Å². The average molecular weight is 552 g/mol. The highest BCUT2D eigenvalue weighted by Crippen LogP contribution is 2.37. The smallest absolute Gasteiger partial charge is 0.303 e. The number of piperidine rings is 1. The summed E-state index contributed by atoms with van der Waals surface area (Å²) in [4.78, 5) is 18.3. The number of halogens is 2. The monoisotopic (exact) mass is 551 g/mol. The van der Waals surface area contributed by atoms with Crippen molar-refractivity contribution in [3.05, 3.63) is 52.2 Å². The van der Waals surface area contributed by atoms with Crippen molar-refractivity contribution in [3.8, 4) is 5.75 Å². The van der Waals surface area contributed by atoms with Crippen LogP contribution in [0.2, 0.25) is 5.02 Å². The Morgan fingerprint density at radius 2 is 2.25 bits per heavy atom. The third-order valence-electron chi connectivity index (χ3n) is 6.92. The number of hydrogen-bond acceptors (Lipinski definition) is 7. The maximum Gasteiger partial charge on any atom is 0.303 e. The summed E-state index contributed by atoms with van der Waals surface area (Å²) in [5.74, 6) is 0.882. The number of benzene rings is 1. The van der Waals surface area contributed by atoms with Crippen molar-refractivity contribution in [1.29, 1.82) is 0 Å². The molecule has 6 nitrogen and oxygen atoms in total. The molecule has 1 fully saturated rings. The van der Waals surface area contributed by atoms with Crippen molar-refractivity contribution in [2.45, 2.75) is 35.9 Å². The lowest BCUT2D eigenvalue weighted by Gasteiger charge is -2.38. The summed E-state index contributed by atoms with van der Waals surface area (Å²) in [7, 11) is 1.62. The molecule has 0 aliphatic carbocycles. The molecule has 0 bridgehead atoms. The van der Waals surface area contributed by atoms with E-state index in [1.807, 2.05) is 18.2 Å². The van der Waals surface area contributed by atoms with Crippen LogP contribution in [0.25, 0.3) is 10.9 Å². The maximum atomic E-state index is 13.7. The Morgan fingerprint density at radius 1 is 1.42 bits per heavy atom. The van der Waals surface area contributed by atoms with Gasteiger partial charge in [-0.15, -0.1) is 23.1 Å². The normalized spacial score (nSPS) is 19.4. The first-order valence-electron chi connectivity index (χ1n) is 12.0. The lowest BCUT2D eigenvalue weighted by atomic mass is 9.79. The SMILES string of the molecule is COc1ccc2ncc(Cl)c([C@H](N)CCC3CCN(CCSc4sccc4F)CC3CC(=O)O)c2c1. The number of nitrogens with two attached hydrogens (primary N) is 1. The van der Waals surface area contributed by atoms with Crippen LogP contribution in [0.5, 0.6) is 5.75 Å². The van der Waals surface area contributed by atoms with E-state index in [0.717, 1.165) is 54.7 Å². The predicted octanol–water partition coefficient (Wildman–Crippen LogP) is 6.08. The molecular weight excluding hydrogens is 521 g/mol. The second kappa shape index (κ2) is 12.6. The number of nitrogens with zero attached hydrogens (tertiary/aromatic N) is 2. The van der Waals surface area contributed by atoms with E-state index in [2.05, 4.69) is 9.88 Å². The van der Waals surface area contributed by atoms with Crippen molar-refractivity contribution in [1.82, 2.24) is 9.88 Å². The summed E-state index contributed by atoms with van der Waals surface area (Å²) in [5, 5.41) is 12.7. The molecule has 3 atom stereocenters. The van der Waals surface area contributed by atoms with E-state index < -0.39 is 5.97 Å². The van der Waals surface area contributed by atoms with Gasteiger partial charge in [-0.3, -0.25) is 9.78 Å². The fourth-order valence-electron chi connectivity index (χ4n) is 5.05. The zero-order chi connectivity index (χ0) is 25.7. The number of carboxylic acid groups (broad SMARTS) is 1. The second-order valence-electron chi connectivity index (χ2n) is 9.20. The third-order valence-corrected chi connectivity index (χ3v) is 9.39. The highest BCUT2D eigenvalue weighted by molar-refractivity contribution is 8.01. The third kappa shape index (κ3) is 6.69. The first-order chi connectivity index (χ1) is 17.4. The van der Waals surface area contributed by atoms with Crippen LogP contribution < -0.4 is 10.5 Å². The number of ether oxygens (including phenoxy) is 1. The highest BCUT2D eigenvalue weighted by atomic mass is 35.5. The van der Waals surface area contributed by atoms with Crippen LogP contribution >= 0.6 is 34.7 Å². The number of aromatic nitrogens is 1. The van der Waals surface area contributed by atoms with E-state index in [-0.39, 0.29) is 30.1 Å². The molecule has 3 N–H and O–H groups in total. The van der Waals surface area contributed by atoms with Gasteiger partial charge >= 0.3 is 5.97 Å². The summed E-state index contributed by atoms with van der Waals surface area (Å²) >= 11 is 9.47. The molecule has 0 amide bonds. The van der Waals surface area contributed by atoms with Gasteiger partial charge in [-0.25, -0.2) is 4.39 Å². The predicted molar refractivity (Wildman–Crippen MR) is 145 cm³/mol. The molecule has 2 unspecified atom stereocenters. The first-order valence-corrected chi connectivity index (χ1v) is 14.3. The lowest BCUT2D eigenvalue weighted by molar-refractivity contribution is -0.139. The Kier molecular flexibility index (Phi) is 9.47. The quantitative estimate of drug-likeness (QED) is 0.279. The van der Waals surface area contributed by atoms with Crippen molar-refractivity contribution in [2.75, 3.05) is 32.5 Å². The molecule has 2 aromatic heterocycles. The van der Waals surface area contributed by atoms with Crippen LogP contribution in [0, 0.1) is 17.7 Å². The minimum absolute atomic E-state index is 0.0525. The van der Waals surface area contributed by atoms with Crippen molar-refractivity contribution in [3.63, 3.8) is 0 Å². The molecule has 36 heavy (non-hydrogen) atoms. The molecular formula is C26H31ClFN3O3S2. The van der Waals surface area contributed by atoms with Crippen LogP contribution in [0.4, 0.5) is 4.39 Å². The molecule has 0 spiro atoms. The van der Waals surface area contributed by atoms with Gasteiger partial charge in [0.1, 0.15) is 11.6 Å². The Morgan fingerprint density at radius 3 is 2.97 bits per heavy atom. The molecule has 0 saturated carbocycles. The number of hydrogen-bond donors (Lipinski definition) is 2.